The normalized spacial score (nSPS) is 14.3. The number of hydrazine groups is 1. The lowest BCUT2D eigenvalue weighted by molar-refractivity contribution is 0.0912. The van der Waals surface area contributed by atoms with Crippen molar-refractivity contribution < 1.29 is 0 Å². The Morgan fingerprint density at radius 1 is 1.40 bits per heavy atom. The summed E-state index contributed by atoms with van der Waals surface area (Å²) in [4.78, 5) is 2.42. The van der Waals surface area contributed by atoms with E-state index < -0.39 is 0 Å². The van der Waals surface area contributed by atoms with Crippen LogP contribution in [0.3, 0.4) is 0 Å². The highest BCUT2D eigenvalue weighted by Crippen LogP contribution is 2.22. The molecule has 0 fully saturated rings. The molecule has 15 heavy (non-hydrogen) atoms. The van der Waals surface area contributed by atoms with Crippen LogP contribution in [0.25, 0.3) is 0 Å². The molecule has 0 aromatic heterocycles. The quantitative estimate of drug-likeness (QED) is 0.385. The van der Waals surface area contributed by atoms with Gasteiger partial charge in [0.2, 0.25) is 0 Å². The summed E-state index contributed by atoms with van der Waals surface area (Å²) in [7, 11) is 0. The maximum Gasteiger partial charge on any atom is 0.0426 e. The molecular formula is C12H27N3. The summed E-state index contributed by atoms with van der Waals surface area (Å²) in [5.41, 5.74) is 4.14. The molecule has 0 heterocycles. The summed E-state index contributed by atoms with van der Waals surface area (Å²) in [6.45, 7) is 16.9. The summed E-state index contributed by atoms with van der Waals surface area (Å²) in [5.74, 6) is 5.64. The first-order valence-corrected chi connectivity index (χ1v) is 5.75. The first kappa shape index (κ1) is 14.6. The van der Waals surface area contributed by atoms with E-state index in [0.29, 0.717) is 0 Å². The minimum Gasteiger partial charge on any atom is -0.297 e. The van der Waals surface area contributed by atoms with E-state index in [0.717, 1.165) is 25.1 Å². The predicted octanol–water partition coefficient (Wildman–Crippen LogP) is 1.90. The zero-order valence-electron chi connectivity index (χ0n) is 10.9. The highest BCUT2D eigenvalue weighted by Gasteiger charge is 2.32. The average molecular weight is 213 g/mol. The van der Waals surface area contributed by atoms with Gasteiger partial charge < -0.3 is 0 Å². The zero-order chi connectivity index (χ0) is 12.1. The summed E-state index contributed by atoms with van der Waals surface area (Å²) in [5, 5.41) is 0. The van der Waals surface area contributed by atoms with Gasteiger partial charge in [0.15, 0.2) is 0 Å². The van der Waals surface area contributed by atoms with Crippen molar-refractivity contribution in [3.05, 3.63) is 12.2 Å². The van der Waals surface area contributed by atoms with E-state index in [9.17, 15) is 0 Å². The first-order valence-electron chi connectivity index (χ1n) is 5.75. The second kappa shape index (κ2) is 6.26. The number of nitrogens with one attached hydrogen (secondary N) is 1. The van der Waals surface area contributed by atoms with E-state index in [2.05, 4.69) is 44.6 Å². The fraction of sp³-hybridized carbons (Fsp3) is 0.833. The van der Waals surface area contributed by atoms with Crippen LogP contribution in [0, 0.1) is 0 Å². The van der Waals surface area contributed by atoms with Crippen molar-refractivity contribution in [2.75, 3.05) is 13.1 Å². The highest BCUT2D eigenvalue weighted by atomic mass is 15.3. The van der Waals surface area contributed by atoms with Crippen LogP contribution in [0.15, 0.2) is 12.2 Å². The van der Waals surface area contributed by atoms with E-state index in [-0.39, 0.29) is 11.6 Å². The van der Waals surface area contributed by atoms with Crippen molar-refractivity contribution >= 4 is 0 Å². The number of likely N-dealkylation sites (N-methyl/N-ethyl adjacent to an activating group) is 1. The molecule has 1 atom stereocenters. The lowest BCUT2D eigenvalue weighted by Crippen LogP contribution is -2.59. The van der Waals surface area contributed by atoms with Crippen molar-refractivity contribution in [1.29, 1.82) is 0 Å². The van der Waals surface area contributed by atoms with Crippen molar-refractivity contribution in [2.24, 2.45) is 5.84 Å². The van der Waals surface area contributed by atoms with Gasteiger partial charge in [-0.3, -0.25) is 16.2 Å². The van der Waals surface area contributed by atoms with Crippen LogP contribution in [0.1, 0.15) is 41.0 Å². The highest BCUT2D eigenvalue weighted by molar-refractivity contribution is 5.01. The van der Waals surface area contributed by atoms with Gasteiger partial charge >= 0.3 is 0 Å². The van der Waals surface area contributed by atoms with E-state index in [1.165, 1.54) is 0 Å². The van der Waals surface area contributed by atoms with Crippen LogP contribution in [0.5, 0.6) is 0 Å². The fourth-order valence-electron chi connectivity index (χ4n) is 2.12. The van der Waals surface area contributed by atoms with Gasteiger partial charge in [-0.05, 0) is 40.3 Å². The van der Waals surface area contributed by atoms with Crippen molar-refractivity contribution in [2.45, 2.75) is 52.6 Å². The number of rotatable bonds is 7. The van der Waals surface area contributed by atoms with E-state index in [1.807, 2.05) is 6.92 Å². The third-order valence-corrected chi connectivity index (χ3v) is 3.19. The van der Waals surface area contributed by atoms with Crippen LogP contribution < -0.4 is 11.3 Å². The van der Waals surface area contributed by atoms with Crippen molar-refractivity contribution in [1.82, 2.24) is 10.3 Å². The largest absolute Gasteiger partial charge is 0.297 e. The molecule has 0 aliphatic rings. The van der Waals surface area contributed by atoms with Gasteiger partial charge in [-0.25, -0.2) is 0 Å². The van der Waals surface area contributed by atoms with Crippen LogP contribution in [-0.4, -0.2) is 29.6 Å². The van der Waals surface area contributed by atoms with Gasteiger partial charge in [-0.1, -0.05) is 19.4 Å². The molecule has 0 saturated heterocycles. The van der Waals surface area contributed by atoms with Gasteiger partial charge in [0.1, 0.15) is 0 Å². The summed E-state index contributed by atoms with van der Waals surface area (Å²) >= 11 is 0. The van der Waals surface area contributed by atoms with E-state index in [1.54, 1.807) is 0 Å². The fourth-order valence-corrected chi connectivity index (χ4v) is 2.12. The van der Waals surface area contributed by atoms with Crippen LogP contribution in [0.4, 0.5) is 0 Å². The Hall–Kier alpha value is -0.380. The summed E-state index contributed by atoms with van der Waals surface area (Å²) in [6.07, 6.45) is 0.917. The molecule has 0 amide bonds. The smallest absolute Gasteiger partial charge is 0.0426 e. The molecule has 0 saturated carbocycles. The third-order valence-electron chi connectivity index (χ3n) is 3.19. The van der Waals surface area contributed by atoms with E-state index in [4.69, 9.17) is 5.84 Å². The van der Waals surface area contributed by atoms with Gasteiger partial charge in [0.05, 0.1) is 0 Å². The lowest BCUT2D eigenvalue weighted by atomic mass is 9.88. The number of hydrogen-bond donors (Lipinski definition) is 2. The molecule has 90 valence electrons. The van der Waals surface area contributed by atoms with Crippen molar-refractivity contribution in [3.8, 4) is 0 Å². The first-order chi connectivity index (χ1) is 6.89. The monoisotopic (exact) mass is 213 g/mol. The molecule has 0 aromatic rings. The van der Waals surface area contributed by atoms with Crippen molar-refractivity contribution in [3.63, 3.8) is 0 Å². The second-order valence-electron chi connectivity index (χ2n) is 4.71. The minimum absolute atomic E-state index is 0.0528. The Bertz CT molecular complexity index is 195. The van der Waals surface area contributed by atoms with Crippen LogP contribution in [0.2, 0.25) is 0 Å². The lowest BCUT2D eigenvalue weighted by Gasteiger charge is -2.43. The molecule has 0 spiro atoms. The maximum absolute atomic E-state index is 5.64. The zero-order valence-corrected chi connectivity index (χ0v) is 10.9. The molecule has 0 aromatic carbocycles. The van der Waals surface area contributed by atoms with Gasteiger partial charge in [0.25, 0.3) is 0 Å². The standard InChI is InChI=1S/C12H27N3/c1-7-15(8-2)12(5,6)11(14-13)9-10(3)4/h11,14H,3,7-9,13H2,1-2,4-6H3. The minimum atomic E-state index is 0.0528. The Morgan fingerprint density at radius 2 is 1.87 bits per heavy atom. The Kier molecular flexibility index (Phi) is 6.10. The molecule has 0 bridgehead atoms. The van der Waals surface area contributed by atoms with Gasteiger partial charge in [-0.15, -0.1) is 6.58 Å². The topological polar surface area (TPSA) is 41.3 Å². The average Bonchev–Trinajstić information content (AvgIpc) is 2.15. The Balaban J connectivity index is 4.69. The Morgan fingerprint density at radius 3 is 2.13 bits per heavy atom. The molecule has 0 radical (unpaired) electrons. The third kappa shape index (κ3) is 3.93. The molecule has 0 aliphatic carbocycles. The molecule has 1 unspecified atom stereocenters. The van der Waals surface area contributed by atoms with Gasteiger partial charge in [0, 0.05) is 11.6 Å². The number of nitrogens with zero attached hydrogens (tertiary/aromatic N) is 1. The number of hydrogen-bond acceptors (Lipinski definition) is 3. The maximum atomic E-state index is 5.64. The Labute approximate surface area is 94.7 Å². The SMILES string of the molecule is C=C(C)CC(NN)C(C)(C)N(CC)CC. The van der Waals surface area contributed by atoms with Crippen LogP contribution in [-0.2, 0) is 0 Å². The molecule has 3 nitrogen and oxygen atoms in total. The number of nitrogens with two attached hydrogens (primary N) is 1. The molecule has 0 rings (SSSR count). The van der Waals surface area contributed by atoms with E-state index >= 15 is 0 Å². The molecular weight excluding hydrogens is 186 g/mol. The molecule has 3 N–H and O–H groups in total. The summed E-state index contributed by atoms with van der Waals surface area (Å²) < 4.78 is 0. The van der Waals surface area contributed by atoms with Gasteiger partial charge in [-0.2, -0.15) is 0 Å². The predicted molar refractivity (Wildman–Crippen MR) is 67.5 cm³/mol. The molecule has 3 heteroatoms. The molecule has 0 aliphatic heterocycles. The summed E-state index contributed by atoms with van der Waals surface area (Å²) in [6, 6.07) is 0.245. The second-order valence-corrected chi connectivity index (χ2v) is 4.71. The van der Waals surface area contributed by atoms with Crippen LogP contribution >= 0.6 is 0 Å².